The normalized spacial score (nSPS) is 14.8. The molecule has 0 spiro atoms. The summed E-state index contributed by atoms with van der Waals surface area (Å²) in [6, 6.07) is 8.94. The minimum atomic E-state index is -0.198. The van der Waals surface area contributed by atoms with Gasteiger partial charge in [0, 0.05) is 10.4 Å². The number of halogens is 3. The summed E-state index contributed by atoms with van der Waals surface area (Å²) < 4.78 is 7.76. The molecule has 1 heterocycles. The van der Waals surface area contributed by atoms with Crippen molar-refractivity contribution >= 4 is 56.2 Å². The molecular formula is C24H22BrCl2N3O2. The summed E-state index contributed by atoms with van der Waals surface area (Å²) in [5.41, 5.74) is 1.14. The molecule has 0 saturated heterocycles. The molecule has 4 rings (SSSR count). The number of ether oxygens (including phenoxy) is 1. The molecule has 166 valence electrons. The van der Waals surface area contributed by atoms with Crippen molar-refractivity contribution in [3.05, 3.63) is 79.2 Å². The maximum absolute atomic E-state index is 13.4. The number of nitrogens with zero attached hydrogens (tertiary/aromatic N) is 3. The second-order valence-corrected chi connectivity index (χ2v) is 9.47. The quantitative estimate of drug-likeness (QED) is 0.253. The Hall–Kier alpha value is -2.15. The van der Waals surface area contributed by atoms with Gasteiger partial charge < -0.3 is 4.74 Å². The van der Waals surface area contributed by atoms with Gasteiger partial charge in [-0.2, -0.15) is 9.78 Å². The lowest BCUT2D eigenvalue weighted by Crippen LogP contribution is -2.25. The summed E-state index contributed by atoms with van der Waals surface area (Å²) in [5, 5.41) is 5.77. The Kier molecular flexibility index (Phi) is 7.33. The summed E-state index contributed by atoms with van der Waals surface area (Å²) >= 11 is 16.1. The fraction of sp³-hybridized carbons (Fsp3) is 0.292. The molecule has 1 aromatic heterocycles. The Morgan fingerprint density at radius 1 is 1.19 bits per heavy atom. The van der Waals surface area contributed by atoms with Crippen LogP contribution in [0.3, 0.4) is 0 Å². The van der Waals surface area contributed by atoms with Crippen LogP contribution in [-0.2, 0) is 0 Å². The van der Waals surface area contributed by atoms with Crippen LogP contribution < -0.4 is 10.3 Å². The van der Waals surface area contributed by atoms with Crippen molar-refractivity contribution in [2.75, 3.05) is 6.61 Å². The molecule has 0 atom stereocenters. The lowest BCUT2D eigenvalue weighted by Gasteiger charge is -2.22. The average Bonchev–Trinajstić information content (AvgIpc) is 2.79. The summed E-state index contributed by atoms with van der Waals surface area (Å²) in [7, 11) is 0. The second kappa shape index (κ2) is 10.2. The highest BCUT2D eigenvalue weighted by atomic mass is 79.9. The number of benzene rings is 2. The van der Waals surface area contributed by atoms with Crippen molar-refractivity contribution in [1.29, 1.82) is 0 Å². The molecule has 5 nitrogen and oxygen atoms in total. The van der Waals surface area contributed by atoms with Crippen molar-refractivity contribution < 1.29 is 4.74 Å². The molecule has 0 bridgehead atoms. The van der Waals surface area contributed by atoms with Crippen molar-refractivity contribution in [2.24, 2.45) is 5.10 Å². The van der Waals surface area contributed by atoms with E-state index in [1.807, 2.05) is 12.1 Å². The van der Waals surface area contributed by atoms with Crippen LogP contribution in [-0.4, -0.2) is 22.5 Å². The van der Waals surface area contributed by atoms with E-state index in [1.165, 1.54) is 11.1 Å². The highest BCUT2D eigenvalue weighted by molar-refractivity contribution is 9.10. The van der Waals surface area contributed by atoms with E-state index in [0.29, 0.717) is 44.7 Å². The molecule has 1 saturated carbocycles. The molecule has 0 unspecified atom stereocenters. The molecule has 3 aromatic rings. The maximum atomic E-state index is 13.4. The first-order valence-electron chi connectivity index (χ1n) is 10.5. The van der Waals surface area contributed by atoms with Crippen molar-refractivity contribution in [1.82, 2.24) is 9.66 Å². The molecule has 0 radical (unpaired) electrons. The number of aromatic nitrogens is 2. The second-order valence-electron chi connectivity index (χ2n) is 7.74. The number of fused-ring (bicyclic) bond motifs is 1. The third-order valence-electron chi connectivity index (χ3n) is 5.49. The van der Waals surface area contributed by atoms with Gasteiger partial charge in [0.25, 0.3) is 5.56 Å². The molecule has 1 aliphatic rings. The standard InChI is InChI=1S/C24H22BrCl2N3O2/c1-2-10-32-22-19(26)11-15(12-20(22)27)14-28-30-23(16-6-4-3-5-7-16)29-21-9-8-17(25)13-18(21)24(30)31/h2,8-9,11-14,16H,1,3-7,10H2. The van der Waals surface area contributed by atoms with E-state index < -0.39 is 0 Å². The zero-order chi connectivity index (χ0) is 22.7. The molecule has 0 amide bonds. The van der Waals surface area contributed by atoms with E-state index in [0.717, 1.165) is 30.2 Å². The van der Waals surface area contributed by atoms with Crippen LogP contribution in [0.2, 0.25) is 10.0 Å². The fourth-order valence-corrected chi connectivity index (χ4v) is 4.94. The van der Waals surface area contributed by atoms with Crippen molar-refractivity contribution in [2.45, 2.75) is 38.0 Å². The van der Waals surface area contributed by atoms with Gasteiger partial charge in [-0.3, -0.25) is 4.79 Å². The monoisotopic (exact) mass is 533 g/mol. The maximum Gasteiger partial charge on any atom is 0.282 e. The molecule has 1 fully saturated rings. The van der Waals surface area contributed by atoms with Gasteiger partial charge in [0.05, 0.1) is 27.2 Å². The Labute approximate surface area is 204 Å². The smallest absolute Gasteiger partial charge is 0.282 e. The highest BCUT2D eigenvalue weighted by Crippen LogP contribution is 2.34. The average molecular weight is 535 g/mol. The molecule has 0 aliphatic heterocycles. The lowest BCUT2D eigenvalue weighted by molar-refractivity contribution is 0.363. The Bertz CT molecular complexity index is 1230. The SMILES string of the molecule is C=CCOc1c(Cl)cc(C=Nn2c(C3CCCCC3)nc3ccc(Br)cc3c2=O)cc1Cl. The zero-order valence-corrected chi connectivity index (χ0v) is 20.5. The van der Waals surface area contributed by atoms with E-state index in [9.17, 15) is 4.79 Å². The van der Waals surface area contributed by atoms with E-state index in [4.69, 9.17) is 32.9 Å². The van der Waals surface area contributed by atoms with Crippen LogP contribution >= 0.6 is 39.1 Å². The van der Waals surface area contributed by atoms with Crippen LogP contribution in [0.15, 0.2) is 57.4 Å². The highest BCUT2D eigenvalue weighted by Gasteiger charge is 2.22. The number of hydrogen-bond acceptors (Lipinski definition) is 4. The van der Waals surface area contributed by atoms with Gasteiger partial charge in [0.15, 0.2) is 5.75 Å². The zero-order valence-electron chi connectivity index (χ0n) is 17.4. The molecule has 2 aromatic carbocycles. The van der Waals surface area contributed by atoms with E-state index in [2.05, 4.69) is 27.6 Å². The van der Waals surface area contributed by atoms with Crippen LogP contribution in [0.4, 0.5) is 0 Å². The van der Waals surface area contributed by atoms with Gasteiger partial charge in [-0.15, -0.1) is 0 Å². The summed E-state index contributed by atoms with van der Waals surface area (Å²) in [6.45, 7) is 3.92. The van der Waals surface area contributed by atoms with Crippen molar-refractivity contribution in [3.8, 4) is 5.75 Å². The first kappa shape index (κ1) is 23.0. The molecule has 32 heavy (non-hydrogen) atoms. The third kappa shape index (κ3) is 4.92. The van der Waals surface area contributed by atoms with Gasteiger partial charge in [0.2, 0.25) is 0 Å². The van der Waals surface area contributed by atoms with E-state index >= 15 is 0 Å². The third-order valence-corrected chi connectivity index (χ3v) is 6.55. The lowest BCUT2D eigenvalue weighted by atomic mass is 9.88. The number of hydrogen-bond donors (Lipinski definition) is 0. The van der Waals surface area contributed by atoms with Crippen LogP contribution in [0, 0.1) is 0 Å². The summed E-state index contributed by atoms with van der Waals surface area (Å²) in [6.07, 6.45) is 8.65. The van der Waals surface area contributed by atoms with Crippen LogP contribution in [0.25, 0.3) is 10.9 Å². The first-order chi connectivity index (χ1) is 15.5. The summed E-state index contributed by atoms with van der Waals surface area (Å²) in [5.74, 6) is 1.29. The van der Waals surface area contributed by atoms with E-state index in [1.54, 1.807) is 30.5 Å². The van der Waals surface area contributed by atoms with Gasteiger partial charge >= 0.3 is 0 Å². The fourth-order valence-electron chi connectivity index (χ4n) is 3.96. The summed E-state index contributed by atoms with van der Waals surface area (Å²) in [4.78, 5) is 18.2. The molecular weight excluding hydrogens is 513 g/mol. The van der Waals surface area contributed by atoms with Crippen molar-refractivity contribution in [3.63, 3.8) is 0 Å². The van der Waals surface area contributed by atoms with Gasteiger partial charge in [-0.25, -0.2) is 4.98 Å². The largest absolute Gasteiger partial charge is 0.486 e. The molecule has 8 heteroatoms. The predicted molar refractivity (Wildman–Crippen MR) is 135 cm³/mol. The van der Waals surface area contributed by atoms with Gasteiger partial charge in [0.1, 0.15) is 12.4 Å². The predicted octanol–water partition coefficient (Wildman–Crippen LogP) is 6.96. The van der Waals surface area contributed by atoms with Crippen LogP contribution in [0.1, 0.15) is 49.4 Å². The van der Waals surface area contributed by atoms with Crippen LogP contribution in [0.5, 0.6) is 5.75 Å². The topological polar surface area (TPSA) is 56.5 Å². The molecule has 1 aliphatic carbocycles. The Balaban J connectivity index is 1.79. The Morgan fingerprint density at radius 2 is 1.91 bits per heavy atom. The first-order valence-corrected chi connectivity index (χ1v) is 12.0. The minimum absolute atomic E-state index is 0.198. The minimum Gasteiger partial charge on any atom is -0.486 e. The number of rotatable bonds is 6. The van der Waals surface area contributed by atoms with E-state index in [-0.39, 0.29) is 11.5 Å². The van der Waals surface area contributed by atoms with Gasteiger partial charge in [-0.1, -0.05) is 71.0 Å². The molecule has 0 N–H and O–H groups in total. The van der Waals surface area contributed by atoms with Gasteiger partial charge in [-0.05, 0) is 48.7 Å². The Morgan fingerprint density at radius 3 is 2.59 bits per heavy atom.